The molecule has 18 heavy (non-hydrogen) atoms. The smallest absolute Gasteiger partial charge is 0.317 e. The maximum Gasteiger partial charge on any atom is 0.317 e. The Hall–Kier alpha value is -2.06. The maximum atomic E-state index is 11.5. The molecule has 0 saturated carbocycles. The van der Waals surface area contributed by atoms with E-state index in [1.165, 1.54) is 0 Å². The lowest BCUT2D eigenvalue weighted by Gasteiger charge is -2.05. The Morgan fingerprint density at radius 3 is 2.89 bits per heavy atom. The van der Waals surface area contributed by atoms with Crippen molar-refractivity contribution in [1.29, 1.82) is 0 Å². The van der Waals surface area contributed by atoms with Crippen molar-refractivity contribution in [2.45, 2.75) is 0 Å². The fourth-order valence-electron chi connectivity index (χ4n) is 1.38. The zero-order valence-electron chi connectivity index (χ0n) is 9.21. The van der Waals surface area contributed by atoms with Gasteiger partial charge in [-0.3, -0.25) is 14.9 Å². The molecule has 3 N–H and O–H groups in total. The average molecular weight is 266 g/mol. The highest BCUT2D eigenvalue weighted by Crippen LogP contribution is 2.20. The number of carbonyl (C=O) groups is 2. The lowest BCUT2D eigenvalue weighted by Crippen LogP contribution is -2.31. The Morgan fingerprint density at radius 2 is 2.11 bits per heavy atom. The normalized spacial score (nSPS) is 10.4. The van der Waals surface area contributed by atoms with Crippen LogP contribution in [0.15, 0.2) is 18.2 Å². The van der Waals surface area contributed by atoms with Crippen LogP contribution < -0.4 is 10.6 Å². The van der Waals surface area contributed by atoms with E-state index in [2.05, 4.69) is 19.4 Å². The number of carboxylic acid groups (broad SMARTS) is 1. The van der Waals surface area contributed by atoms with E-state index in [0.717, 1.165) is 17.2 Å². The van der Waals surface area contributed by atoms with Crippen LogP contribution in [-0.4, -0.2) is 38.8 Å². The number of nitrogens with one attached hydrogen (secondary N) is 2. The minimum absolute atomic E-state index is 0.0692. The second-order valence-corrected chi connectivity index (χ2v) is 4.01. The Morgan fingerprint density at radius 1 is 1.28 bits per heavy atom. The second-order valence-electron chi connectivity index (χ2n) is 3.48. The molecule has 0 fully saturated rings. The van der Waals surface area contributed by atoms with Crippen LogP contribution in [0.4, 0.5) is 5.69 Å². The molecule has 0 aliphatic rings. The zero-order valence-corrected chi connectivity index (χ0v) is 10.0. The average Bonchev–Trinajstić information content (AvgIpc) is 2.77. The van der Waals surface area contributed by atoms with E-state index >= 15 is 0 Å². The van der Waals surface area contributed by atoms with Gasteiger partial charge in [-0.2, -0.15) is 8.75 Å². The Bertz CT molecular complexity index is 583. The highest BCUT2D eigenvalue weighted by Gasteiger charge is 2.08. The predicted octanol–water partition coefficient (Wildman–Crippen LogP) is 0.304. The number of hydrogen-bond acceptors (Lipinski definition) is 6. The summed E-state index contributed by atoms with van der Waals surface area (Å²) in [7, 11) is 0. The van der Waals surface area contributed by atoms with Crippen LogP contribution in [0.3, 0.4) is 0 Å². The lowest BCUT2D eigenvalue weighted by molar-refractivity contribution is -0.135. The third-order valence-corrected chi connectivity index (χ3v) is 2.66. The Balaban J connectivity index is 1.98. The van der Waals surface area contributed by atoms with Gasteiger partial charge in [0.05, 0.1) is 30.5 Å². The summed E-state index contributed by atoms with van der Waals surface area (Å²) < 4.78 is 8.14. The van der Waals surface area contributed by atoms with Gasteiger partial charge in [-0.15, -0.1) is 0 Å². The second kappa shape index (κ2) is 5.52. The topological polar surface area (TPSA) is 104 Å². The van der Waals surface area contributed by atoms with Crippen molar-refractivity contribution < 1.29 is 14.7 Å². The first kappa shape index (κ1) is 12.4. The SMILES string of the molecule is O=C(O)CNCC(=O)Nc1cccc2nsnc12. The van der Waals surface area contributed by atoms with Crippen molar-refractivity contribution in [3.8, 4) is 0 Å². The maximum absolute atomic E-state index is 11.5. The van der Waals surface area contributed by atoms with E-state index in [9.17, 15) is 9.59 Å². The molecule has 2 rings (SSSR count). The molecule has 0 aliphatic heterocycles. The van der Waals surface area contributed by atoms with Gasteiger partial charge in [-0.05, 0) is 12.1 Å². The predicted molar refractivity (Wildman–Crippen MR) is 66.6 cm³/mol. The molecule has 0 aliphatic carbocycles. The number of hydrogen-bond donors (Lipinski definition) is 3. The molecule has 0 bridgehead atoms. The van der Waals surface area contributed by atoms with Crippen LogP contribution in [0.1, 0.15) is 0 Å². The third kappa shape index (κ3) is 2.99. The van der Waals surface area contributed by atoms with Crippen molar-refractivity contribution in [2.75, 3.05) is 18.4 Å². The molecular weight excluding hydrogens is 256 g/mol. The fourth-order valence-corrected chi connectivity index (χ4v) is 1.93. The standard InChI is InChI=1S/C10H10N4O3S/c15-8(4-11-5-9(16)17)12-6-2-1-3-7-10(6)14-18-13-7/h1-3,11H,4-5H2,(H,12,15)(H,16,17). The van der Waals surface area contributed by atoms with Crippen LogP contribution in [0.25, 0.3) is 11.0 Å². The first-order valence-corrected chi connectivity index (χ1v) is 5.83. The van der Waals surface area contributed by atoms with E-state index in [4.69, 9.17) is 5.11 Å². The molecule has 0 spiro atoms. The van der Waals surface area contributed by atoms with E-state index in [1.54, 1.807) is 18.2 Å². The molecule has 1 heterocycles. The van der Waals surface area contributed by atoms with Gasteiger partial charge in [0.2, 0.25) is 5.91 Å². The summed E-state index contributed by atoms with van der Waals surface area (Å²) in [4.78, 5) is 21.8. The third-order valence-electron chi connectivity index (χ3n) is 2.12. The number of fused-ring (bicyclic) bond motifs is 1. The summed E-state index contributed by atoms with van der Waals surface area (Å²) in [6, 6.07) is 5.29. The molecule has 0 atom stereocenters. The van der Waals surface area contributed by atoms with Gasteiger partial charge < -0.3 is 10.4 Å². The summed E-state index contributed by atoms with van der Waals surface area (Å²) in [5, 5.41) is 13.6. The van der Waals surface area contributed by atoms with Crippen LogP contribution in [-0.2, 0) is 9.59 Å². The zero-order chi connectivity index (χ0) is 13.0. The van der Waals surface area contributed by atoms with Gasteiger partial charge >= 0.3 is 5.97 Å². The molecule has 2 aromatic rings. The molecule has 0 unspecified atom stereocenters. The fraction of sp³-hybridized carbons (Fsp3) is 0.200. The Kier molecular flexibility index (Phi) is 3.80. The monoisotopic (exact) mass is 266 g/mol. The van der Waals surface area contributed by atoms with Crippen molar-refractivity contribution in [3.63, 3.8) is 0 Å². The van der Waals surface area contributed by atoms with E-state index in [1.807, 2.05) is 0 Å². The number of benzene rings is 1. The van der Waals surface area contributed by atoms with E-state index in [0.29, 0.717) is 11.2 Å². The van der Waals surface area contributed by atoms with Crippen molar-refractivity contribution >= 4 is 40.3 Å². The van der Waals surface area contributed by atoms with Crippen LogP contribution >= 0.6 is 11.7 Å². The quantitative estimate of drug-likeness (QED) is 0.719. The van der Waals surface area contributed by atoms with Gasteiger partial charge in [-0.1, -0.05) is 6.07 Å². The number of nitrogens with zero attached hydrogens (tertiary/aromatic N) is 2. The highest BCUT2D eigenvalue weighted by molar-refractivity contribution is 7.00. The van der Waals surface area contributed by atoms with Gasteiger partial charge in [0, 0.05) is 0 Å². The van der Waals surface area contributed by atoms with Gasteiger partial charge in [0.25, 0.3) is 0 Å². The van der Waals surface area contributed by atoms with Crippen LogP contribution in [0.2, 0.25) is 0 Å². The van der Waals surface area contributed by atoms with Crippen molar-refractivity contribution in [3.05, 3.63) is 18.2 Å². The van der Waals surface area contributed by atoms with E-state index in [-0.39, 0.29) is 19.0 Å². The Labute approximate surface area is 106 Å². The number of carbonyl (C=O) groups excluding carboxylic acids is 1. The van der Waals surface area contributed by atoms with Crippen LogP contribution in [0, 0.1) is 0 Å². The largest absolute Gasteiger partial charge is 0.480 e. The summed E-state index contributed by atoms with van der Waals surface area (Å²) in [6.07, 6.45) is 0. The lowest BCUT2D eigenvalue weighted by atomic mass is 10.2. The van der Waals surface area contributed by atoms with Crippen molar-refractivity contribution in [2.24, 2.45) is 0 Å². The minimum Gasteiger partial charge on any atom is -0.480 e. The van der Waals surface area contributed by atoms with Gasteiger partial charge in [0.1, 0.15) is 11.0 Å². The summed E-state index contributed by atoms with van der Waals surface area (Å²) >= 11 is 1.07. The van der Waals surface area contributed by atoms with Crippen LogP contribution in [0.5, 0.6) is 0 Å². The molecule has 7 nitrogen and oxygen atoms in total. The molecule has 8 heteroatoms. The van der Waals surface area contributed by atoms with Gasteiger partial charge in [-0.25, -0.2) is 0 Å². The van der Waals surface area contributed by atoms with Crippen molar-refractivity contribution in [1.82, 2.24) is 14.1 Å². The number of carboxylic acids is 1. The number of anilines is 1. The van der Waals surface area contributed by atoms with E-state index < -0.39 is 5.97 Å². The van der Waals surface area contributed by atoms with Gasteiger partial charge in [0.15, 0.2) is 0 Å². The summed E-state index contributed by atoms with van der Waals surface area (Å²) in [5.41, 5.74) is 1.92. The number of amides is 1. The highest BCUT2D eigenvalue weighted by atomic mass is 32.1. The first-order valence-electron chi connectivity index (χ1n) is 5.10. The first-order chi connectivity index (χ1) is 8.66. The molecule has 0 radical (unpaired) electrons. The number of rotatable bonds is 5. The minimum atomic E-state index is -1.01. The molecule has 1 aromatic carbocycles. The summed E-state index contributed by atoms with van der Waals surface area (Å²) in [5.74, 6) is -1.33. The number of aromatic nitrogens is 2. The molecular formula is C10H10N4O3S. The molecule has 94 valence electrons. The molecule has 1 amide bonds. The number of aliphatic carboxylic acids is 1. The summed E-state index contributed by atoms with van der Waals surface area (Å²) in [6.45, 7) is -0.323. The molecule has 0 saturated heterocycles. The molecule has 1 aromatic heterocycles.